The number of aromatic amines is 1. The molecule has 2 N–H and O–H groups in total. The molecule has 1 saturated carbocycles. The molecule has 0 aliphatic heterocycles. The van der Waals surface area contributed by atoms with Gasteiger partial charge in [-0.25, -0.2) is 4.98 Å². The number of halogens is 1. The van der Waals surface area contributed by atoms with Crippen LogP contribution in [0.3, 0.4) is 0 Å². The zero-order chi connectivity index (χ0) is 21.5. The first-order valence-corrected chi connectivity index (χ1v) is 10.9. The molecule has 0 saturated heterocycles. The van der Waals surface area contributed by atoms with E-state index in [1.165, 1.54) is 0 Å². The highest BCUT2D eigenvalue weighted by Gasteiger charge is 2.24. The zero-order valence-electron chi connectivity index (χ0n) is 16.8. The van der Waals surface area contributed by atoms with Crippen LogP contribution in [0, 0.1) is 0 Å². The number of hydrogen-bond acceptors (Lipinski definition) is 4. The van der Waals surface area contributed by atoms with E-state index in [9.17, 15) is 9.59 Å². The van der Waals surface area contributed by atoms with Crippen LogP contribution in [0.25, 0.3) is 22.0 Å². The van der Waals surface area contributed by atoms with Crippen molar-refractivity contribution < 1.29 is 4.79 Å². The first-order chi connectivity index (χ1) is 15.0. The summed E-state index contributed by atoms with van der Waals surface area (Å²) in [5.41, 5.74) is 3.81. The van der Waals surface area contributed by atoms with Gasteiger partial charge in [-0.05, 0) is 71.1 Å². The van der Waals surface area contributed by atoms with Crippen molar-refractivity contribution in [1.82, 2.24) is 25.1 Å². The van der Waals surface area contributed by atoms with Crippen molar-refractivity contribution in [2.24, 2.45) is 0 Å². The van der Waals surface area contributed by atoms with E-state index in [0.29, 0.717) is 22.5 Å². The number of hydrogen-bond donors (Lipinski definition) is 2. The molecular weight excluding hydrogens is 458 g/mol. The SMILES string of the molecule is C[C@H](c1cccc(C(=O)NC2CC2)c1)n1cnc2cc(-c3cn[nH]c3Br)ccc2c1=O. The highest BCUT2D eigenvalue weighted by atomic mass is 79.9. The summed E-state index contributed by atoms with van der Waals surface area (Å²) in [6.45, 7) is 1.93. The van der Waals surface area contributed by atoms with Gasteiger partial charge in [-0.3, -0.25) is 19.3 Å². The molecule has 2 aromatic carbocycles. The van der Waals surface area contributed by atoms with Gasteiger partial charge in [0.15, 0.2) is 0 Å². The normalized spacial score (nSPS) is 14.5. The van der Waals surface area contributed by atoms with Gasteiger partial charge >= 0.3 is 0 Å². The second kappa shape index (κ2) is 7.77. The number of amides is 1. The summed E-state index contributed by atoms with van der Waals surface area (Å²) in [5.74, 6) is -0.0709. The van der Waals surface area contributed by atoms with Gasteiger partial charge < -0.3 is 5.32 Å². The van der Waals surface area contributed by atoms with Crippen LogP contribution < -0.4 is 10.9 Å². The lowest BCUT2D eigenvalue weighted by Gasteiger charge is -2.17. The molecule has 7 nitrogen and oxygen atoms in total. The Balaban J connectivity index is 1.48. The summed E-state index contributed by atoms with van der Waals surface area (Å²) in [7, 11) is 0. The van der Waals surface area contributed by atoms with Gasteiger partial charge in [-0.15, -0.1) is 0 Å². The molecule has 5 rings (SSSR count). The Bertz CT molecular complexity index is 1360. The molecule has 1 amide bonds. The van der Waals surface area contributed by atoms with Crippen molar-refractivity contribution in [2.45, 2.75) is 31.8 Å². The van der Waals surface area contributed by atoms with Crippen LogP contribution in [0.2, 0.25) is 0 Å². The second-order valence-electron chi connectivity index (χ2n) is 7.84. The number of carbonyl (C=O) groups excluding carboxylic acids is 1. The largest absolute Gasteiger partial charge is 0.349 e. The number of carbonyl (C=O) groups is 1. The first-order valence-electron chi connectivity index (χ1n) is 10.1. The molecule has 0 spiro atoms. The van der Waals surface area contributed by atoms with Crippen LogP contribution >= 0.6 is 15.9 Å². The van der Waals surface area contributed by atoms with Crippen LogP contribution in [-0.2, 0) is 0 Å². The minimum Gasteiger partial charge on any atom is -0.349 e. The van der Waals surface area contributed by atoms with E-state index in [4.69, 9.17) is 0 Å². The molecule has 0 radical (unpaired) electrons. The zero-order valence-corrected chi connectivity index (χ0v) is 18.4. The van der Waals surface area contributed by atoms with E-state index in [1.807, 2.05) is 37.3 Å². The van der Waals surface area contributed by atoms with Gasteiger partial charge in [0, 0.05) is 17.2 Å². The minimum atomic E-state index is -0.263. The number of nitrogens with zero attached hydrogens (tertiary/aromatic N) is 3. The number of rotatable bonds is 5. The molecule has 156 valence electrons. The molecule has 4 aromatic rings. The molecule has 2 heterocycles. The molecule has 1 fully saturated rings. The Labute approximate surface area is 186 Å². The van der Waals surface area contributed by atoms with E-state index in [2.05, 4.69) is 36.4 Å². The van der Waals surface area contributed by atoms with Crippen molar-refractivity contribution in [1.29, 1.82) is 0 Å². The van der Waals surface area contributed by atoms with Crippen molar-refractivity contribution in [3.8, 4) is 11.1 Å². The number of aromatic nitrogens is 4. The Hall–Kier alpha value is -3.26. The van der Waals surface area contributed by atoms with Crippen LogP contribution in [0.4, 0.5) is 0 Å². The average molecular weight is 478 g/mol. The Morgan fingerprint density at radius 1 is 1.26 bits per heavy atom. The first kappa shape index (κ1) is 19.7. The third kappa shape index (κ3) is 3.79. The molecule has 0 bridgehead atoms. The third-order valence-corrected chi connectivity index (χ3v) is 6.25. The molecule has 1 atom stereocenters. The van der Waals surface area contributed by atoms with Crippen LogP contribution in [0.5, 0.6) is 0 Å². The minimum absolute atomic E-state index is 0.0709. The fourth-order valence-electron chi connectivity index (χ4n) is 3.65. The lowest BCUT2D eigenvalue weighted by molar-refractivity contribution is 0.0951. The van der Waals surface area contributed by atoms with E-state index < -0.39 is 0 Å². The lowest BCUT2D eigenvalue weighted by Crippen LogP contribution is -2.26. The van der Waals surface area contributed by atoms with Gasteiger partial charge in [0.05, 0.1) is 29.5 Å². The number of fused-ring (bicyclic) bond motifs is 1. The molecule has 1 aliphatic carbocycles. The Morgan fingerprint density at radius 2 is 2.10 bits per heavy atom. The van der Waals surface area contributed by atoms with Crippen molar-refractivity contribution in [3.05, 3.63) is 81.1 Å². The van der Waals surface area contributed by atoms with Crippen molar-refractivity contribution in [2.75, 3.05) is 0 Å². The third-order valence-electron chi connectivity index (χ3n) is 5.65. The van der Waals surface area contributed by atoms with Crippen LogP contribution in [0.1, 0.15) is 41.7 Å². The van der Waals surface area contributed by atoms with E-state index in [-0.39, 0.29) is 17.5 Å². The van der Waals surface area contributed by atoms with Crippen LogP contribution in [-0.4, -0.2) is 31.7 Å². The van der Waals surface area contributed by atoms with Crippen LogP contribution in [0.15, 0.2) is 64.4 Å². The summed E-state index contributed by atoms with van der Waals surface area (Å²) in [6.07, 6.45) is 5.37. The van der Waals surface area contributed by atoms with E-state index in [0.717, 1.165) is 34.1 Å². The topological polar surface area (TPSA) is 92.7 Å². The van der Waals surface area contributed by atoms with Gasteiger partial charge in [0.2, 0.25) is 0 Å². The van der Waals surface area contributed by atoms with E-state index >= 15 is 0 Å². The predicted molar refractivity (Wildman–Crippen MR) is 122 cm³/mol. The fraction of sp³-hybridized carbons (Fsp3) is 0.217. The highest BCUT2D eigenvalue weighted by Crippen LogP contribution is 2.28. The summed E-state index contributed by atoms with van der Waals surface area (Å²) >= 11 is 3.44. The maximum Gasteiger partial charge on any atom is 0.261 e. The van der Waals surface area contributed by atoms with Gasteiger partial charge in [-0.2, -0.15) is 5.10 Å². The maximum atomic E-state index is 13.2. The van der Waals surface area contributed by atoms with Gasteiger partial charge in [-0.1, -0.05) is 18.2 Å². The number of benzene rings is 2. The average Bonchev–Trinajstić information content (AvgIpc) is 3.50. The Kier molecular flexibility index (Phi) is 4.94. The molecule has 8 heteroatoms. The molecule has 1 aliphatic rings. The van der Waals surface area contributed by atoms with Crippen molar-refractivity contribution >= 4 is 32.7 Å². The smallest absolute Gasteiger partial charge is 0.261 e. The lowest BCUT2D eigenvalue weighted by atomic mass is 10.0. The highest BCUT2D eigenvalue weighted by molar-refractivity contribution is 9.10. The van der Waals surface area contributed by atoms with Crippen molar-refractivity contribution in [3.63, 3.8) is 0 Å². The monoisotopic (exact) mass is 477 g/mol. The fourth-order valence-corrected chi connectivity index (χ4v) is 4.08. The summed E-state index contributed by atoms with van der Waals surface area (Å²) < 4.78 is 2.38. The summed E-state index contributed by atoms with van der Waals surface area (Å²) in [4.78, 5) is 30.1. The summed E-state index contributed by atoms with van der Waals surface area (Å²) in [5, 5.41) is 10.4. The molecular formula is C23H20BrN5O2. The number of nitrogens with one attached hydrogen (secondary N) is 2. The summed E-state index contributed by atoms with van der Waals surface area (Å²) in [6, 6.07) is 13.0. The quantitative estimate of drug-likeness (QED) is 0.453. The standard InChI is InChI=1S/C23H20BrN5O2/c1-13(14-3-2-4-16(9-14)22(30)27-17-6-7-17)29-12-25-20-10-15(5-8-18(20)23(29)31)19-11-26-28-21(19)24/h2-5,8-13,17H,6-7H2,1H3,(H,26,28)(H,27,30)/t13-/m1/s1. The van der Waals surface area contributed by atoms with E-state index in [1.54, 1.807) is 29.2 Å². The van der Waals surface area contributed by atoms with Gasteiger partial charge in [0.1, 0.15) is 4.60 Å². The second-order valence-corrected chi connectivity index (χ2v) is 8.63. The maximum absolute atomic E-state index is 13.2. The molecule has 31 heavy (non-hydrogen) atoms. The number of H-pyrrole nitrogens is 1. The van der Waals surface area contributed by atoms with Gasteiger partial charge in [0.25, 0.3) is 11.5 Å². The molecule has 0 unspecified atom stereocenters. The predicted octanol–water partition coefficient (Wildman–Crippen LogP) is 4.05. The Morgan fingerprint density at radius 3 is 2.84 bits per heavy atom. The molecule has 2 aromatic heterocycles.